The predicted octanol–water partition coefficient (Wildman–Crippen LogP) is 1.64. The molecule has 1 atom stereocenters. The lowest BCUT2D eigenvalue weighted by atomic mass is 10.0. The fourth-order valence-corrected chi connectivity index (χ4v) is 4.71. The van der Waals surface area contributed by atoms with Crippen molar-refractivity contribution in [3.8, 4) is 17.1 Å². The summed E-state index contributed by atoms with van der Waals surface area (Å²) in [6.45, 7) is 3.26. The molecule has 1 aliphatic rings. The number of nitrogens with zero attached hydrogens (tertiary/aromatic N) is 3. The summed E-state index contributed by atoms with van der Waals surface area (Å²) in [5, 5.41) is 9.21. The molecule has 164 valence electrons. The van der Waals surface area contributed by atoms with Crippen LogP contribution in [0.25, 0.3) is 11.4 Å². The minimum absolute atomic E-state index is 0.0210. The molecular weight excluding hydrogens is 410 g/mol. The number of ether oxygens (including phenoxy) is 2. The first-order chi connectivity index (χ1) is 14.5. The first-order valence-electron chi connectivity index (χ1n) is 9.95. The van der Waals surface area contributed by atoms with E-state index in [4.69, 9.17) is 9.47 Å². The zero-order chi connectivity index (χ0) is 21.4. The van der Waals surface area contributed by atoms with E-state index in [1.807, 2.05) is 18.2 Å². The molecule has 2 aromatic heterocycles. The van der Waals surface area contributed by atoms with Crippen LogP contribution in [0.5, 0.6) is 5.75 Å². The number of alkyl carbamates (subject to hydrolysis) is 1. The zero-order valence-corrected chi connectivity index (χ0v) is 17.7. The fraction of sp³-hybridized carbons (Fsp3) is 0.526. The molecule has 0 unspecified atom stereocenters. The van der Waals surface area contributed by atoms with E-state index < -0.39 is 16.1 Å². The molecule has 2 N–H and O–H groups in total. The molecule has 0 bridgehead atoms. The van der Waals surface area contributed by atoms with Gasteiger partial charge in [-0.05, 0) is 38.0 Å². The third-order valence-corrected chi connectivity index (χ3v) is 6.62. The molecule has 1 fully saturated rings. The van der Waals surface area contributed by atoms with Crippen molar-refractivity contribution >= 4 is 16.1 Å². The number of carbonyl (C=O) groups is 1. The Bertz CT molecular complexity index is 902. The van der Waals surface area contributed by atoms with Crippen LogP contribution in [-0.2, 0) is 14.8 Å². The van der Waals surface area contributed by atoms with Crippen LogP contribution < -0.4 is 10.1 Å². The van der Waals surface area contributed by atoms with Gasteiger partial charge in [-0.15, -0.1) is 0 Å². The Balaban J connectivity index is 1.46. The highest BCUT2D eigenvalue weighted by atomic mass is 32.2. The smallest absolute Gasteiger partial charge is 0.407 e. The Hall–Kier alpha value is -2.66. The molecule has 30 heavy (non-hydrogen) atoms. The van der Waals surface area contributed by atoms with Gasteiger partial charge in [-0.25, -0.2) is 17.5 Å². The van der Waals surface area contributed by atoms with Crippen LogP contribution in [0.2, 0.25) is 0 Å². The van der Waals surface area contributed by atoms with Gasteiger partial charge in [-0.2, -0.15) is 5.10 Å². The van der Waals surface area contributed by atoms with E-state index in [2.05, 4.69) is 20.5 Å². The number of aromatic amines is 1. The predicted molar refractivity (Wildman–Crippen MR) is 110 cm³/mol. The zero-order valence-electron chi connectivity index (χ0n) is 16.9. The third-order valence-electron chi connectivity index (χ3n) is 4.78. The van der Waals surface area contributed by atoms with Crippen molar-refractivity contribution in [3.63, 3.8) is 0 Å². The van der Waals surface area contributed by atoms with Crippen LogP contribution in [0, 0.1) is 5.92 Å². The van der Waals surface area contributed by atoms with Crippen LogP contribution in [0.3, 0.4) is 0 Å². The summed E-state index contributed by atoms with van der Waals surface area (Å²) in [4.78, 5) is 15.6. The summed E-state index contributed by atoms with van der Waals surface area (Å²) in [7, 11) is -3.45. The highest BCUT2D eigenvalue weighted by molar-refractivity contribution is 7.89. The molecule has 0 aromatic carbocycles. The van der Waals surface area contributed by atoms with E-state index in [1.54, 1.807) is 19.3 Å². The maximum Gasteiger partial charge on any atom is 0.407 e. The lowest BCUT2D eigenvalue weighted by Crippen LogP contribution is -2.44. The third kappa shape index (κ3) is 6.17. The van der Waals surface area contributed by atoms with E-state index in [1.165, 1.54) is 4.31 Å². The number of hydrogen-bond acceptors (Lipinski definition) is 7. The van der Waals surface area contributed by atoms with E-state index in [0.717, 1.165) is 24.2 Å². The molecule has 10 nitrogen and oxygen atoms in total. The van der Waals surface area contributed by atoms with Gasteiger partial charge in [-0.1, -0.05) is 0 Å². The molecule has 1 amide bonds. The average molecular weight is 438 g/mol. The van der Waals surface area contributed by atoms with Gasteiger partial charge in [0.25, 0.3) is 0 Å². The van der Waals surface area contributed by atoms with Crippen molar-refractivity contribution in [2.45, 2.75) is 19.8 Å². The van der Waals surface area contributed by atoms with Gasteiger partial charge in [0.15, 0.2) is 0 Å². The van der Waals surface area contributed by atoms with Gasteiger partial charge in [0.2, 0.25) is 10.0 Å². The fourth-order valence-electron chi connectivity index (χ4n) is 3.25. The number of aromatic nitrogens is 3. The molecule has 0 spiro atoms. The second-order valence-corrected chi connectivity index (χ2v) is 9.08. The van der Waals surface area contributed by atoms with Crippen molar-refractivity contribution in [1.29, 1.82) is 0 Å². The molecule has 11 heteroatoms. The molecule has 1 aliphatic heterocycles. The van der Waals surface area contributed by atoms with Crippen LogP contribution in [0.4, 0.5) is 4.79 Å². The number of hydrogen-bond donors (Lipinski definition) is 2. The van der Waals surface area contributed by atoms with E-state index >= 15 is 0 Å². The quantitative estimate of drug-likeness (QED) is 0.610. The maximum absolute atomic E-state index is 12.6. The normalized spacial score (nSPS) is 17.4. The Morgan fingerprint density at radius 2 is 2.23 bits per heavy atom. The highest BCUT2D eigenvalue weighted by Gasteiger charge is 2.29. The Labute approximate surface area is 176 Å². The lowest BCUT2D eigenvalue weighted by Gasteiger charge is -2.31. The number of nitrogens with one attached hydrogen (secondary N) is 2. The summed E-state index contributed by atoms with van der Waals surface area (Å²) in [6, 6.07) is 5.51. The number of pyridine rings is 1. The highest BCUT2D eigenvalue weighted by Crippen LogP contribution is 2.22. The number of rotatable bonds is 9. The molecule has 0 aliphatic carbocycles. The van der Waals surface area contributed by atoms with Crippen molar-refractivity contribution in [2.24, 2.45) is 5.92 Å². The van der Waals surface area contributed by atoms with Gasteiger partial charge in [0, 0.05) is 31.7 Å². The van der Waals surface area contributed by atoms with Crippen molar-refractivity contribution < 1.29 is 22.7 Å². The summed E-state index contributed by atoms with van der Waals surface area (Å²) < 4.78 is 37.2. The SMILES string of the molecule is CCOC(=O)NCCS(=O)(=O)N1CCC[C@H](COc2ccc(-c3ccn[nH]3)nc2)C1. The van der Waals surface area contributed by atoms with Gasteiger partial charge in [0.05, 0.1) is 36.6 Å². The molecule has 3 rings (SSSR count). The minimum atomic E-state index is -3.45. The van der Waals surface area contributed by atoms with Gasteiger partial charge >= 0.3 is 6.09 Å². The second-order valence-electron chi connectivity index (χ2n) is 6.99. The number of amides is 1. The average Bonchev–Trinajstić information content (AvgIpc) is 3.28. The molecule has 0 saturated carbocycles. The van der Waals surface area contributed by atoms with Crippen LogP contribution in [0.15, 0.2) is 30.6 Å². The first kappa shape index (κ1) is 22.0. The van der Waals surface area contributed by atoms with E-state index in [-0.39, 0.29) is 24.8 Å². The summed E-state index contributed by atoms with van der Waals surface area (Å²) >= 11 is 0. The van der Waals surface area contributed by atoms with E-state index in [0.29, 0.717) is 25.4 Å². The summed E-state index contributed by atoms with van der Waals surface area (Å²) in [5.41, 5.74) is 1.60. The monoisotopic (exact) mass is 437 g/mol. The largest absolute Gasteiger partial charge is 0.492 e. The number of piperidine rings is 1. The van der Waals surface area contributed by atoms with E-state index in [9.17, 15) is 13.2 Å². The van der Waals surface area contributed by atoms with Gasteiger partial charge in [0.1, 0.15) is 5.75 Å². The molecular formula is C19H27N5O5S. The standard InChI is InChI=1S/C19H27N5O5S/c1-2-28-19(25)20-9-11-30(26,27)24-10-3-4-15(13-24)14-29-16-5-6-17(21-12-16)18-7-8-22-23-18/h5-8,12,15H,2-4,9-11,13-14H2,1H3,(H,20,25)(H,22,23)/t15-/m0/s1. The number of sulfonamides is 1. The number of H-pyrrole nitrogens is 1. The Kier molecular flexibility index (Phi) is 7.63. The Morgan fingerprint density at radius 1 is 1.37 bits per heavy atom. The number of carbonyl (C=O) groups excluding carboxylic acids is 1. The van der Waals surface area contributed by atoms with Gasteiger partial charge < -0.3 is 14.8 Å². The van der Waals surface area contributed by atoms with Crippen molar-refractivity contribution in [3.05, 3.63) is 30.6 Å². The second kappa shape index (κ2) is 10.4. The summed E-state index contributed by atoms with van der Waals surface area (Å²) in [6.07, 6.45) is 4.37. The molecule has 1 saturated heterocycles. The topological polar surface area (TPSA) is 127 Å². The van der Waals surface area contributed by atoms with Crippen molar-refractivity contribution in [1.82, 2.24) is 24.8 Å². The lowest BCUT2D eigenvalue weighted by molar-refractivity contribution is 0.153. The van der Waals surface area contributed by atoms with Crippen LogP contribution >= 0.6 is 0 Å². The molecule has 0 radical (unpaired) electrons. The maximum atomic E-state index is 12.6. The summed E-state index contributed by atoms with van der Waals surface area (Å²) in [5.74, 6) is 0.578. The van der Waals surface area contributed by atoms with Crippen LogP contribution in [0.1, 0.15) is 19.8 Å². The Morgan fingerprint density at radius 3 is 2.93 bits per heavy atom. The molecule has 3 heterocycles. The molecule has 2 aromatic rings. The minimum Gasteiger partial charge on any atom is -0.492 e. The van der Waals surface area contributed by atoms with Gasteiger partial charge in [-0.3, -0.25) is 10.1 Å². The van der Waals surface area contributed by atoms with Crippen LogP contribution in [-0.4, -0.2) is 72.6 Å². The first-order valence-corrected chi connectivity index (χ1v) is 11.6. The van der Waals surface area contributed by atoms with Crippen molar-refractivity contribution in [2.75, 3.05) is 38.6 Å².